The number of aromatic nitrogens is 2. The number of anilines is 2. The van der Waals surface area contributed by atoms with E-state index in [1.807, 2.05) is 11.0 Å². The largest absolute Gasteiger partial charge is 0.355 e. The van der Waals surface area contributed by atoms with Crippen LogP contribution in [0.15, 0.2) is 30.3 Å². The van der Waals surface area contributed by atoms with Gasteiger partial charge in [0.15, 0.2) is 11.6 Å². The van der Waals surface area contributed by atoms with Crippen LogP contribution in [0.4, 0.5) is 16.0 Å². The highest BCUT2D eigenvalue weighted by atomic mass is 35.5. The van der Waals surface area contributed by atoms with Crippen molar-refractivity contribution >= 4 is 29.1 Å². The highest BCUT2D eigenvalue weighted by Gasteiger charge is 2.23. The zero-order chi connectivity index (χ0) is 21.8. The average Bonchev–Trinajstić information content (AvgIpc) is 2.80. The normalized spacial score (nSPS) is 17.8. The first-order valence-corrected chi connectivity index (χ1v) is 11.4. The molecule has 2 aliphatic heterocycles. The molecule has 0 saturated carbocycles. The quantitative estimate of drug-likeness (QED) is 0.700. The minimum absolute atomic E-state index is 0.0977. The summed E-state index contributed by atoms with van der Waals surface area (Å²) in [4.78, 5) is 18.9. The van der Waals surface area contributed by atoms with Crippen LogP contribution < -0.4 is 9.80 Å². The van der Waals surface area contributed by atoms with E-state index in [9.17, 15) is 9.18 Å². The van der Waals surface area contributed by atoms with Gasteiger partial charge in [-0.2, -0.15) is 0 Å². The Morgan fingerprint density at radius 3 is 2.19 bits per heavy atom. The van der Waals surface area contributed by atoms with E-state index in [1.54, 1.807) is 12.1 Å². The minimum Gasteiger partial charge on any atom is -0.355 e. The molecule has 2 saturated heterocycles. The van der Waals surface area contributed by atoms with Crippen LogP contribution in [-0.4, -0.2) is 60.3 Å². The van der Waals surface area contributed by atoms with Gasteiger partial charge in [-0.3, -0.25) is 4.79 Å². The van der Waals surface area contributed by atoms with Crippen molar-refractivity contribution in [3.63, 3.8) is 0 Å². The minimum atomic E-state index is -0.436. The van der Waals surface area contributed by atoms with Crippen LogP contribution in [0.25, 0.3) is 0 Å². The van der Waals surface area contributed by atoms with Crippen molar-refractivity contribution in [2.45, 2.75) is 32.6 Å². The van der Waals surface area contributed by atoms with E-state index >= 15 is 0 Å². The number of benzene rings is 1. The number of piperidine rings is 1. The first-order chi connectivity index (χ1) is 15.0. The Balaban J connectivity index is 1.25. The number of aryl methyl sites for hydroxylation is 1. The molecule has 1 aromatic heterocycles. The molecule has 0 radical (unpaired) electrons. The molecule has 0 N–H and O–H groups in total. The molecular formula is C23H29ClFN5O. The van der Waals surface area contributed by atoms with Crippen LogP contribution in [0.3, 0.4) is 0 Å². The predicted molar refractivity (Wildman–Crippen MR) is 121 cm³/mol. The van der Waals surface area contributed by atoms with Gasteiger partial charge >= 0.3 is 0 Å². The summed E-state index contributed by atoms with van der Waals surface area (Å²) in [5, 5.41) is 8.99. The molecule has 6 nitrogen and oxygen atoms in total. The average molecular weight is 446 g/mol. The van der Waals surface area contributed by atoms with Crippen molar-refractivity contribution in [3.8, 4) is 0 Å². The first kappa shape index (κ1) is 21.8. The summed E-state index contributed by atoms with van der Waals surface area (Å²) < 4.78 is 13.3. The number of amides is 1. The lowest BCUT2D eigenvalue weighted by molar-refractivity contribution is -0.131. The van der Waals surface area contributed by atoms with Crippen molar-refractivity contribution in [2.24, 2.45) is 5.92 Å². The molecule has 31 heavy (non-hydrogen) atoms. The predicted octanol–water partition coefficient (Wildman–Crippen LogP) is 3.79. The highest BCUT2D eigenvalue weighted by molar-refractivity contribution is 6.30. The van der Waals surface area contributed by atoms with Crippen molar-refractivity contribution in [1.29, 1.82) is 0 Å². The first-order valence-electron chi connectivity index (χ1n) is 11.0. The Morgan fingerprint density at radius 1 is 1.00 bits per heavy atom. The maximum Gasteiger partial charge on any atom is 0.223 e. The van der Waals surface area contributed by atoms with E-state index in [4.69, 9.17) is 11.6 Å². The van der Waals surface area contributed by atoms with Crippen LogP contribution in [0.1, 0.15) is 31.7 Å². The fourth-order valence-electron chi connectivity index (χ4n) is 4.18. The zero-order valence-corrected chi connectivity index (χ0v) is 18.7. The van der Waals surface area contributed by atoms with E-state index in [-0.39, 0.29) is 10.9 Å². The monoisotopic (exact) mass is 445 g/mol. The Morgan fingerprint density at radius 2 is 1.61 bits per heavy atom. The Hall–Kier alpha value is -2.41. The molecule has 4 rings (SSSR count). The summed E-state index contributed by atoms with van der Waals surface area (Å²) in [6, 6.07) is 8.72. The van der Waals surface area contributed by atoms with Gasteiger partial charge in [0.25, 0.3) is 0 Å². The topological polar surface area (TPSA) is 52.6 Å². The maximum atomic E-state index is 13.3. The van der Waals surface area contributed by atoms with Gasteiger partial charge in [0.1, 0.15) is 5.82 Å². The molecule has 3 heterocycles. The molecule has 0 spiro atoms. The fourth-order valence-corrected chi connectivity index (χ4v) is 4.39. The summed E-state index contributed by atoms with van der Waals surface area (Å²) in [7, 11) is 0. The smallest absolute Gasteiger partial charge is 0.223 e. The van der Waals surface area contributed by atoms with E-state index in [1.165, 1.54) is 18.9 Å². The van der Waals surface area contributed by atoms with Crippen LogP contribution in [0.2, 0.25) is 5.02 Å². The number of halogens is 2. The second-order valence-corrected chi connectivity index (χ2v) is 8.94. The van der Waals surface area contributed by atoms with Gasteiger partial charge in [0.2, 0.25) is 5.91 Å². The fraction of sp³-hybridized carbons (Fsp3) is 0.522. The summed E-state index contributed by atoms with van der Waals surface area (Å²) in [5.74, 6) is 2.28. The summed E-state index contributed by atoms with van der Waals surface area (Å²) >= 11 is 5.82. The molecule has 2 aromatic rings. The molecular weight excluding hydrogens is 417 g/mol. The van der Waals surface area contributed by atoms with Crippen molar-refractivity contribution < 1.29 is 9.18 Å². The van der Waals surface area contributed by atoms with E-state index < -0.39 is 5.82 Å². The number of hydrogen-bond donors (Lipinski definition) is 0. The maximum absolute atomic E-state index is 13.3. The summed E-state index contributed by atoms with van der Waals surface area (Å²) in [5.41, 5.74) is 0.872. The molecule has 0 atom stereocenters. The number of carbonyl (C=O) groups excluding carboxylic acids is 1. The van der Waals surface area contributed by atoms with E-state index in [0.29, 0.717) is 25.9 Å². The molecule has 2 aliphatic rings. The Kier molecular flexibility index (Phi) is 6.90. The molecule has 2 fully saturated rings. The lowest BCUT2D eigenvalue weighted by Gasteiger charge is -2.35. The van der Waals surface area contributed by atoms with Gasteiger partial charge in [0, 0.05) is 45.7 Å². The third kappa shape index (κ3) is 5.45. The number of hydrogen-bond acceptors (Lipinski definition) is 5. The standard InChI is InChI=1S/C23H29ClFN5O/c1-17-8-10-28(11-9-17)21-5-6-22(27-26-21)29-12-14-30(15-13-29)23(31)7-3-18-2-4-20(25)19(24)16-18/h2,4-6,16-17H,3,7-15H2,1H3. The molecule has 166 valence electrons. The summed E-state index contributed by atoms with van der Waals surface area (Å²) in [6.07, 6.45) is 3.35. The second kappa shape index (κ2) is 9.81. The Labute approximate surface area is 188 Å². The third-order valence-corrected chi connectivity index (χ3v) is 6.60. The molecule has 0 bridgehead atoms. The van der Waals surface area contributed by atoms with Crippen LogP contribution in [0.5, 0.6) is 0 Å². The molecule has 0 aliphatic carbocycles. The van der Waals surface area contributed by atoms with Crippen LogP contribution >= 0.6 is 11.6 Å². The van der Waals surface area contributed by atoms with Crippen LogP contribution in [-0.2, 0) is 11.2 Å². The molecule has 1 amide bonds. The van der Waals surface area contributed by atoms with Gasteiger partial charge < -0.3 is 14.7 Å². The molecule has 1 aromatic carbocycles. The van der Waals surface area contributed by atoms with E-state index in [2.05, 4.69) is 33.0 Å². The number of piperazine rings is 1. The number of nitrogens with zero attached hydrogens (tertiary/aromatic N) is 5. The van der Waals surface area contributed by atoms with Crippen LogP contribution in [0, 0.1) is 11.7 Å². The van der Waals surface area contributed by atoms with Gasteiger partial charge in [-0.15, -0.1) is 10.2 Å². The van der Waals surface area contributed by atoms with E-state index in [0.717, 1.165) is 49.3 Å². The third-order valence-electron chi connectivity index (χ3n) is 6.31. The molecule has 0 unspecified atom stereocenters. The van der Waals surface area contributed by atoms with Gasteiger partial charge in [0.05, 0.1) is 5.02 Å². The van der Waals surface area contributed by atoms with Gasteiger partial charge in [-0.25, -0.2) is 4.39 Å². The lowest BCUT2D eigenvalue weighted by atomic mass is 9.99. The lowest BCUT2D eigenvalue weighted by Crippen LogP contribution is -2.49. The number of rotatable bonds is 5. The number of carbonyl (C=O) groups is 1. The SMILES string of the molecule is CC1CCN(c2ccc(N3CCN(C(=O)CCc4ccc(F)c(Cl)c4)CC3)nn2)CC1. The highest BCUT2D eigenvalue weighted by Crippen LogP contribution is 2.23. The summed E-state index contributed by atoms with van der Waals surface area (Å²) in [6.45, 7) is 7.19. The van der Waals surface area contributed by atoms with Crippen molar-refractivity contribution in [2.75, 3.05) is 49.1 Å². The van der Waals surface area contributed by atoms with Crippen molar-refractivity contribution in [3.05, 3.63) is 46.7 Å². The van der Waals surface area contributed by atoms with Crippen molar-refractivity contribution in [1.82, 2.24) is 15.1 Å². The second-order valence-electron chi connectivity index (χ2n) is 8.54. The molecule has 8 heteroatoms. The Bertz CT molecular complexity index is 893. The zero-order valence-electron chi connectivity index (χ0n) is 17.9. The van der Waals surface area contributed by atoms with Gasteiger partial charge in [-0.05, 0) is 55.0 Å². The van der Waals surface area contributed by atoms with Gasteiger partial charge in [-0.1, -0.05) is 24.6 Å².